The van der Waals surface area contributed by atoms with Gasteiger partial charge in [0.2, 0.25) is 0 Å². The van der Waals surface area contributed by atoms with Gasteiger partial charge < -0.3 is 18.9 Å². The van der Waals surface area contributed by atoms with Crippen LogP contribution in [0.3, 0.4) is 0 Å². The zero-order valence-electron chi connectivity index (χ0n) is 16.1. The van der Waals surface area contributed by atoms with Crippen LogP contribution in [-0.2, 0) is 30.2 Å². The van der Waals surface area contributed by atoms with Crippen molar-refractivity contribution >= 4 is 11.8 Å². The molecule has 3 rings (SSSR count). The smallest absolute Gasteiger partial charge is 0.309 e. The first-order valence-electron chi connectivity index (χ1n) is 9.67. The summed E-state index contributed by atoms with van der Waals surface area (Å²) in [6, 6.07) is 7.76. The van der Waals surface area contributed by atoms with E-state index in [2.05, 4.69) is 0 Å². The molecule has 1 aliphatic carbocycles. The van der Waals surface area contributed by atoms with Crippen molar-refractivity contribution in [3.8, 4) is 5.75 Å². The Bertz CT molecular complexity index is 647. The van der Waals surface area contributed by atoms with Crippen LogP contribution in [0.1, 0.15) is 38.2 Å². The summed E-state index contributed by atoms with van der Waals surface area (Å²) in [7, 11) is 1.63. The number of ether oxygens (including phenoxy) is 4. The molecular formula is C21H28O6. The molecule has 0 aromatic heterocycles. The van der Waals surface area contributed by atoms with Crippen LogP contribution in [0, 0.1) is 11.8 Å². The van der Waals surface area contributed by atoms with E-state index in [1.165, 1.54) is 0 Å². The van der Waals surface area contributed by atoms with E-state index in [9.17, 15) is 9.59 Å². The quantitative estimate of drug-likeness (QED) is 0.682. The monoisotopic (exact) mass is 376 g/mol. The van der Waals surface area contributed by atoms with Crippen molar-refractivity contribution in [1.82, 2.24) is 0 Å². The van der Waals surface area contributed by atoms with Crippen molar-refractivity contribution in [2.24, 2.45) is 11.8 Å². The van der Waals surface area contributed by atoms with Gasteiger partial charge in [-0.25, -0.2) is 0 Å². The molecule has 6 heteroatoms. The van der Waals surface area contributed by atoms with Crippen LogP contribution in [0.25, 0.3) is 0 Å². The molecule has 2 aliphatic rings. The third kappa shape index (κ3) is 4.68. The Morgan fingerprint density at radius 1 is 1.26 bits per heavy atom. The SMILES string of the molecule is CCOC(=O)[C@@H](CCc1ccc(OC)cc1)[C@H]1CC2(CCC1=O)OCCO2. The highest BCUT2D eigenvalue weighted by atomic mass is 16.7. The molecule has 27 heavy (non-hydrogen) atoms. The lowest BCUT2D eigenvalue weighted by molar-refractivity contribution is -0.195. The van der Waals surface area contributed by atoms with E-state index >= 15 is 0 Å². The second kappa shape index (κ2) is 8.85. The molecule has 1 heterocycles. The first-order valence-corrected chi connectivity index (χ1v) is 9.67. The molecule has 148 valence electrons. The van der Waals surface area contributed by atoms with Crippen LogP contribution in [0.4, 0.5) is 0 Å². The minimum Gasteiger partial charge on any atom is -0.497 e. The highest BCUT2D eigenvalue weighted by molar-refractivity contribution is 5.87. The summed E-state index contributed by atoms with van der Waals surface area (Å²) in [4.78, 5) is 25.3. The van der Waals surface area contributed by atoms with Gasteiger partial charge in [-0.2, -0.15) is 0 Å². The number of hydrogen-bond acceptors (Lipinski definition) is 6. The van der Waals surface area contributed by atoms with Crippen LogP contribution in [0.5, 0.6) is 5.75 Å². The van der Waals surface area contributed by atoms with Crippen LogP contribution >= 0.6 is 0 Å². The average Bonchev–Trinajstić information content (AvgIpc) is 3.13. The molecule has 1 saturated carbocycles. The molecule has 1 aromatic carbocycles. The average molecular weight is 376 g/mol. The number of Topliss-reactive ketones (excluding diaryl/α,β-unsaturated/α-hetero) is 1. The van der Waals surface area contributed by atoms with E-state index in [1.54, 1.807) is 14.0 Å². The van der Waals surface area contributed by atoms with Crippen molar-refractivity contribution in [1.29, 1.82) is 0 Å². The number of ketones is 1. The van der Waals surface area contributed by atoms with E-state index in [1.807, 2.05) is 24.3 Å². The Kier molecular flexibility index (Phi) is 6.50. The standard InChI is InChI=1S/C21H28O6/c1-3-25-20(23)17(9-6-15-4-7-16(24-2)8-5-15)18-14-21(11-10-19(18)22)26-12-13-27-21/h4-5,7-8,17-18H,3,6,9-14H2,1-2H3/t17-,18+/m0/s1. The molecule has 0 N–H and O–H groups in total. The lowest BCUT2D eigenvalue weighted by Crippen LogP contribution is -2.45. The van der Waals surface area contributed by atoms with Gasteiger partial charge in [-0.05, 0) is 37.5 Å². The molecule has 6 nitrogen and oxygen atoms in total. The largest absolute Gasteiger partial charge is 0.497 e. The molecule has 1 aliphatic heterocycles. The van der Waals surface area contributed by atoms with E-state index in [-0.39, 0.29) is 11.8 Å². The molecule has 2 atom stereocenters. The Labute approximate surface area is 160 Å². The normalized spacial score (nSPS) is 22.6. The van der Waals surface area contributed by atoms with E-state index in [4.69, 9.17) is 18.9 Å². The fourth-order valence-corrected chi connectivity index (χ4v) is 4.02. The third-order valence-electron chi connectivity index (χ3n) is 5.49. The second-order valence-corrected chi connectivity index (χ2v) is 7.13. The van der Waals surface area contributed by atoms with Crippen LogP contribution in [0.2, 0.25) is 0 Å². The van der Waals surface area contributed by atoms with Gasteiger partial charge in [0, 0.05) is 25.2 Å². The van der Waals surface area contributed by atoms with Gasteiger partial charge in [0.15, 0.2) is 5.79 Å². The highest BCUT2D eigenvalue weighted by Crippen LogP contribution is 2.41. The fourth-order valence-electron chi connectivity index (χ4n) is 4.02. The number of methoxy groups -OCH3 is 1. The maximum absolute atomic E-state index is 12.6. The van der Waals surface area contributed by atoms with Gasteiger partial charge in [0.1, 0.15) is 11.5 Å². The summed E-state index contributed by atoms with van der Waals surface area (Å²) in [6.45, 7) is 3.16. The van der Waals surface area contributed by atoms with Gasteiger partial charge in [0.25, 0.3) is 0 Å². The zero-order chi connectivity index (χ0) is 19.3. The first kappa shape index (κ1) is 19.8. The number of hydrogen-bond donors (Lipinski definition) is 0. The van der Waals surface area contributed by atoms with Gasteiger partial charge in [0.05, 0.1) is 32.8 Å². The van der Waals surface area contributed by atoms with Gasteiger partial charge in [-0.3, -0.25) is 9.59 Å². The molecule has 0 amide bonds. The number of rotatable bonds is 7. The molecule has 2 fully saturated rings. The van der Waals surface area contributed by atoms with Crippen LogP contribution < -0.4 is 4.74 Å². The molecule has 1 spiro atoms. The number of carbonyl (C=O) groups excluding carboxylic acids is 2. The van der Waals surface area contributed by atoms with Crippen LogP contribution in [-0.4, -0.2) is 44.5 Å². The highest BCUT2D eigenvalue weighted by Gasteiger charge is 2.48. The summed E-state index contributed by atoms with van der Waals surface area (Å²) < 4.78 is 22.1. The summed E-state index contributed by atoms with van der Waals surface area (Å²) in [5.41, 5.74) is 1.09. The van der Waals surface area contributed by atoms with Crippen molar-refractivity contribution in [3.05, 3.63) is 29.8 Å². The van der Waals surface area contributed by atoms with Crippen molar-refractivity contribution in [2.75, 3.05) is 26.9 Å². The predicted molar refractivity (Wildman–Crippen MR) is 98.4 cm³/mol. The van der Waals surface area contributed by atoms with E-state index in [0.717, 1.165) is 11.3 Å². The summed E-state index contributed by atoms with van der Waals surface area (Å²) in [5, 5.41) is 0. The van der Waals surface area contributed by atoms with Gasteiger partial charge in [-0.15, -0.1) is 0 Å². The molecule has 0 unspecified atom stereocenters. The Balaban J connectivity index is 1.73. The predicted octanol–water partition coefficient (Wildman–Crippen LogP) is 2.92. The molecular weight excluding hydrogens is 348 g/mol. The second-order valence-electron chi connectivity index (χ2n) is 7.13. The Morgan fingerprint density at radius 2 is 1.96 bits per heavy atom. The lowest BCUT2D eigenvalue weighted by atomic mass is 9.74. The first-order chi connectivity index (χ1) is 13.1. The summed E-state index contributed by atoms with van der Waals surface area (Å²) in [6.07, 6.45) is 2.61. The molecule has 1 aromatic rings. The summed E-state index contributed by atoms with van der Waals surface area (Å²) in [5.74, 6) is -1.02. The van der Waals surface area contributed by atoms with Crippen molar-refractivity contribution in [2.45, 2.75) is 44.8 Å². The van der Waals surface area contributed by atoms with Crippen LogP contribution in [0.15, 0.2) is 24.3 Å². The number of aryl methyl sites for hydroxylation is 1. The molecule has 0 radical (unpaired) electrons. The Hall–Kier alpha value is -1.92. The Morgan fingerprint density at radius 3 is 2.59 bits per heavy atom. The number of esters is 1. The number of benzene rings is 1. The van der Waals surface area contributed by atoms with Gasteiger partial charge >= 0.3 is 5.97 Å². The minimum absolute atomic E-state index is 0.104. The maximum Gasteiger partial charge on any atom is 0.309 e. The van der Waals surface area contributed by atoms with Crippen molar-refractivity contribution < 1.29 is 28.5 Å². The van der Waals surface area contributed by atoms with Gasteiger partial charge in [-0.1, -0.05) is 12.1 Å². The summed E-state index contributed by atoms with van der Waals surface area (Å²) >= 11 is 0. The lowest BCUT2D eigenvalue weighted by Gasteiger charge is -2.37. The zero-order valence-corrected chi connectivity index (χ0v) is 16.1. The maximum atomic E-state index is 12.6. The molecule has 1 saturated heterocycles. The van der Waals surface area contributed by atoms with E-state index < -0.39 is 17.6 Å². The molecule has 0 bridgehead atoms. The minimum atomic E-state index is -0.705. The fraction of sp³-hybridized carbons (Fsp3) is 0.619. The van der Waals surface area contributed by atoms with Crippen molar-refractivity contribution in [3.63, 3.8) is 0 Å². The topological polar surface area (TPSA) is 71.1 Å². The third-order valence-corrected chi connectivity index (χ3v) is 5.49. The van der Waals surface area contributed by atoms with E-state index in [0.29, 0.717) is 51.9 Å². The number of carbonyl (C=O) groups is 2.